The summed E-state index contributed by atoms with van der Waals surface area (Å²) in [6.45, 7) is 14.2. The molecule has 0 radical (unpaired) electrons. The number of benzene rings is 5. The lowest BCUT2D eigenvalue weighted by molar-refractivity contribution is 0.198. The van der Waals surface area contributed by atoms with Crippen LogP contribution in [0, 0.1) is 31.6 Å². The SMILES string of the molecule is Cc1ccc2c(c1)c1ccc(-n3c4ccc(C)cc4c4cccnc43)cc1n2-c1cc(C2=N[C@H](C(C(C)C)C(C)C)CO2)cc(-c2ccccc2)c1. The largest absolute Gasteiger partial charge is 0.475 e. The van der Waals surface area contributed by atoms with E-state index in [4.69, 9.17) is 14.7 Å². The molecule has 0 saturated carbocycles. The molecule has 3 aromatic heterocycles. The van der Waals surface area contributed by atoms with Crippen molar-refractivity contribution in [3.63, 3.8) is 0 Å². The van der Waals surface area contributed by atoms with E-state index in [1.807, 2.05) is 12.3 Å². The molecular formula is C47H44N4O. The first kappa shape index (κ1) is 32.2. The van der Waals surface area contributed by atoms with Crippen LogP contribution in [0.1, 0.15) is 44.4 Å². The van der Waals surface area contributed by atoms with Crippen molar-refractivity contribution in [2.75, 3.05) is 6.61 Å². The van der Waals surface area contributed by atoms with Crippen LogP contribution in [0.25, 0.3) is 66.2 Å². The Morgan fingerprint density at radius 1 is 0.577 bits per heavy atom. The maximum absolute atomic E-state index is 6.48. The van der Waals surface area contributed by atoms with Gasteiger partial charge in [-0.1, -0.05) is 87.4 Å². The third kappa shape index (κ3) is 5.30. The van der Waals surface area contributed by atoms with Gasteiger partial charge in [-0.05, 0) is 109 Å². The minimum Gasteiger partial charge on any atom is -0.475 e. The smallest absolute Gasteiger partial charge is 0.216 e. The van der Waals surface area contributed by atoms with E-state index in [-0.39, 0.29) is 6.04 Å². The Morgan fingerprint density at radius 3 is 2.00 bits per heavy atom. The summed E-state index contributed by atoms with van der Waals surface area (Å²) in [5, 5.41) is 4.82. The summed E-state index contributed by atoms with van der Waals surface area (Å²) in [6, 6.07) is 42.2. The standard InChI is InChI=1S/C47H44N4O/c1-28(2)45(29(3)4)41-27-52-47(49-41)34-23-33(32-11-8-7-9-12-32)24-36(25-34)50-42-18-14-30(5)21-39(42)37-17-16-35(26-44(37)50)51-43-19-15-31(6)22-40(43)38-13-10-20-48-46(38)51/h7-26,28-29,41,45H,27H2,1-6H3/t41-/m0/s1. The predicted octanol–water partition coefficient (Wildman–Crippen LogP) is 11.6. The number of rotatable bonds is 7. The quantitative estimate of drug-likeness (QED) is 0.168. The van der Waals surface area contributed by atoms with Gasteiger partial charge in [-0.2, -0.15) is 0 Å². The lowest BCUT2D eigenvalue weighted by Crippen LogP contribution is -2.29. The third-order valence-electron chi connectivity index (χ3n) is 11.0. The summed E-state index contributed by atoms with van der Waals surface area (Å²) in [5.41, 5.74) is 12.3. The number of pyridine rings is 1. The van der Waals surface area contributed by atoms with Gasteiger partial charge in [0.15, 0.2) is 0 Å². The molecule has 0 amide bonds. The molecule has 4 heterocycles. The molecule has 0 saturated heterocycles. The highest BCUT2D eigenvalue weighted by molar-refractivity contribution is 6.12. The van der Waals surface area contributed by atoms with Crippen molar-refractivity contribution in [3.8, 4) is 22.5 Å². The van der Waals surface area contributed by atoms with Gasteiger partial charge in [-0.15, -0.1) is 0 Å². The van der Waals surface area contributed by atoms with Crippen molar-refractivity contribution < 1.29 is 4.74 Å². The van der Waals surface area contributed by atoms with Gasteiger partial charge in [0.05, 0.1) is 22.6 Å². The number of ether oxygens (including phenoxy) is 1. The molecule has 5 aromatic carbocycles. The van der Waals surface area contributed by atoms with Crippen LogP contribution in [0.2, 0.25) is 0 Å². The highest BCUT2D eigenvalue weighted by Crippen LogP contribution is 2.39. The Kier molecular flexibility index (Phi) is 7.76. The topological polar surface area (TPSA) is 44.3 Å². The summed E-state index contributed by atoms with van der Waals surface area (Å²) >= 11 is 0. The second kappa shape index (κ2) is 12.5. The summed E-state index contributed by atoms with van der Waals surface area (Å²) < 4.78 is 11.2. The molecule has 0 spiro atoms. The Morgan fingerprint density at radius 2 is 1.27 bits per heavy atom. The van der Waals surface area contributed by atoms with Crippen LogP contribution in [0.15, 0.2) is 126 Å². The summed E-state index contributed by atoms with van der Waals surface area (Å²) in [4.78, 5) is 10.2. The van der Waals surface area contributed by atoms with E-state index in [1.54, 1.807) is 0 Å². The molecule has 52 heavy (non-hydrogen) atoms. The van der Waals surface area contributed by atoms with Crippen LogP contribution < -0.4 is 0 Å². The Balaban J connectivity index is 1.30. The zero-order valence-corrected chi connectivity index (χ0v) is 30.8. The Hall–Kier alpha value is -5.68. The normalized spacial score (nSPS) is 14.9. The molecule has 1 aliphatic heterocycles. The van der Waals surface area contributed by atoms with Gasteiger partial charge in [0, 0.05) is 44.7 Å². The Bertz CT molecular complexity index is 2670. The van der Waals surface area contributed by atoms with E-state index in [2.05, 4.69) is 160 Å². The molecule has 0 aliphatic carbocycles. The second-order valence-corrected chi connectivity index (χ2v) is 15.3. The van der Waals surface area contributed by atoms with E-state index in [1.165, 1.54) is 27.3 Å². The molecule has 0 fully saturated rings. The fourth-order valence-corrected chi connectivity index (χ4v) is 8.83. The summed E-state index contributed by atoms with van der Waals surface area (Å²) in [5.74, 6) is 2.23. The first-order valence-corrected chi connectivity index (χ1v) is 18.6. The molecule has 1 atom stereocenters. The van der Waals surface area contributed by atoms with Crippen LogP contribution >= 0.6 is 0 Å². The van der Waals surface area contributed by atoms with Crippen molar-refractivity contribution in [3.05, 3.63) is 138 Å². The lowest BCUT2D eigenvalue weighted by Gasteiger charge is -2.27. The van der Waals surface area contributed by atoms with E-state index >= 15 is 0 Å². The van der Waals surface area contributed by atoms with Crippen molar-refractivity contribution in [1.82, 2.24) is 14.1 Å². The average molecular weight is 681 g/mol. The lowest BCUT2D eigenvalue weighted by atomic mass is 9.80. The number of aryl methyl sites for hydroxylation is 2. The molecule has 5 heteroatoms. The average Bonchev–Trinajstić information content (AvgIpc) is 3.84. The number of fused-ring (bicyclic) bond motifs is 6. The fourth-order valence-electron chi connectivity index (χ4n) is 8.83. The number of hydrogen-bond acceptors (Lipinski definition) is 3. The van der Waals surface area contributed by atoms with Crippen LogP contribution in [-0.4, -0.2) is 32.7 Å². The summed E-state index contributed by atoms with van der Waals surface area (Å²) in [6.07, 6.45) is 1.89. The number of hydrogen-bond donors (Lipinski definition) is 0. The van der Waals surface area contributed by atoms with Gasteiger partial charge in [0.2, 0.25) is 5.90 Å². The van der Waals surface area contributed by atoms with E-state index in [9.17, 15) is 0 Å². The highest BCUT2D eigenvalue weighted by Gasteiger charge is 2.32. The molecular weight excluding hydrogens is 637 g/mol. The maximum atomic E-state index is 6.48. The van der Waals surface area contributed by atoms with E-state index in [0.717, 1.165) is 61.5 Å². The van der Waals surface area contributed by atoms with Gasteiger partial charge in [0.1, 0.15) is 12.3 Å². The maximum Gasteiger partial charge on any atom is 0.216 e. The minimum atomic E-state index is 0.140. The Labute approximate surface area is 305 Å². The van der Waals surface area contributed by atoms with Gasteiger partial charge in [-0.25, -0.2) is 9.98 Å². The van der Waals surface area contributed by atoms with Gasteiger partial charge in [0.25, 0.3) is 0 Å². The molecule has 0 unspecified atom stereocenters. The molecule has 0 bridgehead atoms. The van der Waals surface area contributed by atoms with Crippen LogP contribution in [-0.2, 0) is 4.74 Å². The monoisotopic (exact) mass is 680 g/mol. The van der Waals surface area contributed by atoms with Crippen LogP contribution in [0.4, 0.5) is 0 Å². The predicted molar refractivity (Wildman–Crippen MR) is 217 cm³/mol. The van der Waals surface area contributed by atoms with Crippen molar-refractivity contribution >= 4 is 49.6 Å². The molecule has 5 nitrogen and oxygen atoms in total. The van der Waals surface area contributed by atoms with E-state index in [0.29, 0.717) is 24.4 Å². The number of aliphatic imine (C=N–C) groups is 1. The first-order valence-electron chi connectivity index (χ1n) is 18.6. The van der Waals surface area contributed by atoms with Crippen LogP contribution in [0.5, 0.6) is 0 Å². The van der Waals surface area contributed by atoms with Crippen molar-refractivity contribution in [2.24, 2.45) is 22.7 Å². The van der Waals surface area contributed by atoms with Crippen molar-refractivity contribution in [1.29, 1.82) is 0 Å². The third-order valence-corrected chi connectivity index (χ3v) is 11.0. The van der Waals surface area contributed by atoms with Crippen molar-refractivity contribution in [2.45, 2.75) is 47.6 Å². The minimum absolute atomic E-state index is 0.140. The molecule has 1 aliphatic rings. The molecule has 258 valence electrons. The van der Waals surface area contributed by atoms with Gasteiger partial charge in [-0.3, -0.25) is 4.57 Å². The van der Waals surface area contributed by atoms with Gasteiger partial charge < -0.3 is 9.30 Å². The highest BCUT2D eigenvalue weighted by atomic mass is 16.5. The molecule has 8 aromatic rings. The van der Waals surface area contributed by atoms with E-state index < -0.39 is 0 Å². The number of aromatic nitrogens is 3. The summed E-state index contributed by atoms with van der Waals surface area (Å²) in [7, 11) is 0. The zero-order chi connectivity index (χ0) is 35.7. The van der Waals surface area contributed by atoms with Gasteiger partial charge >= 0.3 is 0 Å². The first-order chi connectivity index (χ1) is 25.2. The molecule has 0 N–H and O–H groups in total. The zero-order valence-electron chi connectivity index (χ0n) is 30.8. The van der Waals surface area contributed by atoms with Crippen LogP contribution in [0.3, 0.4) is 0 Å². The fraction of sp³-hybridized carbons (Fsp3) is 0.234. The molecule has 9 rings (SSSR count). The second-order valence-electron chi connectivity index (χ2n) is 15.3. The number of nitrogens with zero attached hydrogens (tertiary/aromatic N) is 4.